The maximum Gasteiger partial charge on any atom is 0.416 e. The van der Waals surface area contributed by atoms with Crippen LogP contribution in [0.3, 0.4) is 0 Å². The fraction of sp³-hybridized carbons (Fsp3) is 0.529. The minimum atomic E-state index is -4.35. The Hall–Kier alpha value is -2.07. The van der Waals surface area contributed by atoms with Gasteiger partial charge in [-0.25, -0.2) is 0 Å². The summed E-state index contributed by atoms with van der Waals surface area (Å²) >= 11 is 0. The summed E-state index contributed by atoms with van der Waals surface area (Å²) < 4.78 is 37.6. The number of hydrogen-bond donors (Lipinski definition) is 1. The highest BCUT2D eigenvalue weighted by molar-refractivity contribution is 5.79. The number of amides is 1. The SMILES string of the molecule is CN(CC(=O)NC(C)(C#N)C1CC1)Cc1ccc(C(F)(F)F)cc1. The summed E-state index contributed by atoms with van der Waals surface area (Å²) in [5.74, 6) is -0.0629. The summed E-state index contributed by atoms with van der Waals surface area (Å²) in [6.07, 6.45) is -2.48. The van der Waals surface area contributed by atoms with Crippen molar-refractivity contribution in [3.05, 3.63) is 35.4 Å². The highest BCUT2D eigenvalue weighted by Gasteiger charge is 2.43. The fourth-order valence-electron chi connectivity index (χ4n) is 2.62. The number of hydrogen-bond acceptors (Lipinski definition) is 3. The molecular formula is C17H20F3N3O. The number of rotatable bonds is 6. The molecule has 24 heavy (non-hydrogen) atoms. The molecule has 7 heteroatoms. The smallest absolute Gasteiger partial charge is 0.337 e. The fourth-order valence-corrected chi connectivity index (χ4v) is 2.62. The molecule has 1 N–H and O–H groups in total. The molecule has 1 aromatic rings. The van der Waals surface area contributed by atoms with Crippen molar-refractivity contribution in [3.8, 4) is 6.07 Å². The molecule has 1 amide bonds. The molecule has 1 saturated carbocycles. The van der Waals surface area contributed by atoms with Gasteiger partial charge in [-0.2, -0.15) is 18.4 Å². The molecule has 2 rings (SSSR count). The zero-order valence-electron chi connectivity index (χ0n) is 13.7. The number of likely N-dealkylation sites (N-methyl/N-ethyl adjacent to an activating group) is 1. The first kappa shape index (κ1) is 18.3. The van der Waals surface area contributed by atoms with Crippen LogP contribution in [0.15, 0.2) is 24.3 Å². The lowest BCUT2D eigenvalue weighted by atomic mass is 9.98. The summed E-state index contributed by atoms with van der Waals surface area (Å²) in [5.41, 5.74) is -0.851. The van der Waals surface area contributed by atoms with Crippen LogP contribution in [0.25, 0.3) is 0 Å². The van der Waals surface area contributed by atoms with Crippen molar-refractivity contribution in [2.24, 2.45) is 5.92 Å². The second-order valence-electron chi connectivity index (χ2n) is 6.50. The van der Waals surface area contributed by atoms with E-state index in [2.05, 4.69) is 11.4 Å². The highest BCUT2D eigenvalue weighted by Crippen LogP contribution is 2.39. The molecule has 0 spiro atoms. The Morgan fingerprint density at radius 2 is 1.92 bits per heavy atom. The van der Waals surface area contributed by atoms with Crippen LogP contribution >= 0.6 is 0 Å². The van der Waals surface area contributed by atoms with Crippen molar-refractivity contribution >= 4 is 5.91 Å². The maximum atomic E-state index is 12.5. The van der Waals surface area contributed by atoms with Crippen molar-refractivity contribution in [2.75, 3.05) is 13.6 Å². The van der Waals surface area contributed by atoms with Crippen LogP contribution in [0.4, 0.5) is 13.2 Å². The summed E-state index contributed by atoms with van der Waals surface area (Å²) in [6.45, 7) is 2.14. The van der Waals surface area contributed by atoms with Gasteiger partial charge in [0.15, 0.2) is 0 Å². The van der Waals surface area contributed by atoms with E-state index in [4.69, 9.17) is 0 Å². The molecule has 0 radical (unpaired) electrons. The van der Waals surface area contributed by atoms with Crippen molar-refractivity contribution in [3.63, 3.8) is 0 Å². The molecule has 4 nitrogen and oxygen atoms in total. The Kier molecular flexibility index (Phi) is 5.19. The van der Waals surface area contributed by atoms with Crippen LogP contribution in [-0.4, -0.2) is 29.9 Å². The van der Waals surface area contributed by atoms with E-state index in [-0.39, 0.29) is 18.4 Å². The molecule has 1 aliphatic carbocycles. The van der Waals surface area contributed by atoms with E-state index in [0.29, 0.717) is 12.1 Å². The summed E-state index contributed by atoms with van der Waals surface area (Å²) in [5, 5.41) is 12.0. The Labute approximate surface area is 139 Å². The zero-order valence-corrected chi connectivity index (χ0v) is 13.7. The first-order valence-electron chi connectivity index (χ1n) is 7.71. The molecule has 0 saturated heterocycles. The van der Waals surface area contributed by atoms with Gasteiger partial charge in [0.25, 0.3) is 0 Å². The van der Waals surface area contributed by atoms with Gasteiger partial charge in [-0.05, 0) is 50.4 Å². The van der Waals surface area contributed by atoms with Crippen molar-refractivity contribution in [2.45, 2.75) is 38.0 Å². The third-order valence-electron chi connectivity index (χ3n) is 4.17. The third-order valence-corrected chi connectivity index (χ3v) is 4.17. The van der Waals surface area contributed by atoms with Crippen molar-refractivity contribution < 1.29 is 18.0 Å². The van der Waals surface area contributed by atoms with Crippen molar-refractivity contribution in [1.82, 2.24) is 10.2 Å². The van der Waals surface area contributed by atoms with Gasteiger partial charge < -0.3 is 5.32 Å². The predicted octanol–water partition coefficient (Wildman–Crippen LogP) is 2.95. The predicted molar refractivity (Wildman–Crippen MR) is 82.7 cm³/mol. The van der Waals surface area contributed by atoms with Crippen LogP contribution in [-0.2, 0) is 17.5 Å². The van der Waals surface area contributed by atoms with E-state index in [1.54, 1.807) is 18.9 Å². The van der Waals surface area contributed by atoms with E-state index in [9.17, 15) is 23.2 Å². The molecule has 0 bridgehead atoms. The summed E-state index contributed by atoms with van der Waals surface area (Å²) in [7, 11) is 1.71. The second kappa shape index (κ2) is 6.81. The monoisotopic (exact) mass is 339 g/mol. The van der Waals surface area contributed by atoms with Gasteiger partial charge in [-0.3, -0.25) is 9.69 Å². The molecule has 1 aromatic carbocycles. The number of nitrogens with one attached hydrogen (secondary N) is 1. The molecule has 1 aliphatic rings. The third kappa shape index (κ3) is 4.71. The number of carbonyl (C=O) groups excluding carboxylic acids is 1. The van der Waals surface area contributed by atoms with Crippen molar-refractivity contribution in [1.29, 1.82) is 5.26 Å². The van der Waals surface area contributed by atoms with Gasteiger partial charge in [-0.15, -0.1) is 0 Å². The molecule has 1 atom stereocenters. The average Bonchev–Trinajstić information content (AvgIpc) is 3.31. The highest BCUT2D eigenvalue weighted by atomic mass is 19.4. The van der Waals surface area contributed by atoms with Gasteiger partial charge in [0.1, 0.15) is 5.54 Å². The first-order valence-corrected chi connectivity index (χ1v) is 7.71. The molecule has 0 aromatic heterocycles. The molecule has 1 unspecified atom stereocenters. The Balaban J connectivity index is 1.87. The summed E-state index contributed by atoms with van der Waals surface area (Å²) in [4.78, 5) is 13.8. The number of halogens is 3. The van der Waals surface area contributed by atoms with Crippen LogP contribution in [0.5, 0.6) is 0 Å². The minimum Gasteiger partial charge on any atom is -0.337 e. The van der Waals surface area contributed by atoms with Crippen LogP contribution in [0.2, 0.25) is 0 Å². The lowest BCUT2D eigenvalue weighted by molar-refractivity contribution is -0.137. The van der Waals surface area contributed by atoms with E-state index in [1.165, 1.54) is 12.1 Å². The molecule has 1 fully saturated rings. The lowest BCUT2D eigenvalue weighted by Gasteiger charge is -2.25. The van der Waals surface area contributed by atoms with Gasteiger partial charge in [0.2, 0.25) is 5.91 Å². The number of alkyl halides is 3. The van der Waals surface area contributed by atoms with Gasteiger partial charge in [0, 0.05) is 6.54 Å². The van der Waals surface area contributed by atoms with Crippen LogP contribution in [0.1, 0.15) is 30.9 Å². The zero-order chi connectivity index (χ0) is 18.0. The normalized spacial score (nSPS) is 17.2. The topological polar surface area (TPSA) is 56.1 Å². The maximum absolute atomic E-state index is 12.5. The van der Waals surface area contributed by atoms with Gasteiger partial charge in [-0.1, -0.05) is 12.1 Å². The lowest BCUT2D eigenvalue weighted by Crippen LogP contribution is -2.49. The Bertz CT molecular complexity index is 632. The van der Waals surface area contributed by atoms with Gasteiger partial charge in [0.05, 0.1) is 18.2 Å². The first-order chi connectivity index (χ1) is 11.1. The van der Waals surface area contributed by atoms with E-state index in [0.717, 1.165) is 25.0 Å². The van der Waals surface area contributed by atoms with E-state index < -0.39 is 17.3 Å². The standard InChI is InChI=1S/C17H20F3N3O/c1-16(11-21,13-7-8-13)22-15(24)10-23(2)9-12-3-5-14(6-4-12)17(18,19)20/h3-6,13H,7-10H2,1-2H3,(H,22,24). The molecule has 0 heterocycles. The Morgan fingerprint density at radius 1 is 1.33 bits per heavy atom. The quantitative estimate of drug-likeness (QED) is 0.867. The number of benzene rings is 1. The van der Waals surface area contributed by atoms with Gasteiger partial charge >= 0.3 is 6.18 Å². The van der Waals surface area contributed by atoms with Crippen LogP contribution < -0.4 is 5.32 Å². The number of carbonyl (C=O) groups is 1. The Morgan fingerprint density at radius 3 is 2.38 bits per heavy atom. The minimum absolute atomic E-state index is 0.0744. The molecule has 0 aliphatic heterocycles. The largest absolute Gasteiger partial charge is 0.416 e. The number of nitrogens with zero attached hydrogens (tertiary/aromatic N) is 2. The van der Waals surface area contributed by atoms with E-state index in [1.807, 2.05) is 0 Å². The second-order valence-corrected chi connectivity index (χ2v) is 6.50. The average molecular weight is 339 g/mol. The van der Waals surface area contributed by atoms with E-state index >= 15 is 0 Å². The molecule has 130 valence electrons. The van der Waals surface area contributed by atoms with Crippen LogP contribution in [0, 0.1) is 17.2 Å². The number of nitriles is 1. The summed E-state index contributed by atoms with van der Waals surface area (Å²) in [6, 6.07) is 7.03. The molecular weight excluding hydrogens is 319 g/mol.